The summed E-state index contributed by atoms with van der Waals surface area (Å²) in [5, 5.41) is 6.20. The van der Waals surface area contributed by atoms with Crippen molar-refractivity contribution in [3.63, 3.8) is 0 Å². The standard InChI is InChI=1S/C19H16ClN5/c1-11-8-14-4-5-15(22-18(14)16(20)9-11)6-7-17-23-19-13(3)21-10-12(2)25(19)24-17/h4-10H,1-3H3. The molecule has 0 aliphatic rings. The first kappa shape index (κ1) is 15.7. The van der Waals surface area contributed by atoms with Gasteiger partial charge in [-0.1, -0.05) is 17.7 Å². The zero-order chi connectivity index (χ0) is 17.6. The van der Waals surface area contributed by atoms with Gasteiger partial charge in [-0.15, -0.1) is 5.10 Å². The van der Waals surface area contributed by atoms with Crippen LogP contribution in [0, 0.1) is 20.8 Å². The van der Waals surface area contributed by atoms with E-state index in [0.29, 0.717) is 10.8 Å². The van der Waals surface area contributed by atoms with Gasteiger partial charge in [0.2, 0.25) is 0 Å². The lowest BCUT2D eigenvalue weighted by molar-refractivity contribution is 0.884. The van der Waals surface area contributed by atoms with Crippen LogP contribution in [0.25, 0.3) is 28.7 Å². The van der Waals surface area contributed by atoms with Crippen molar-refractivity contribution in [2.24, 2.45) is 0 Å². The van der Waals surface area contributed by atoms with Crippen molar-refractivity contribution in [3.8, 4) is 0 Å². The van der Waals surface area contributed by atoms with Crippen molar-refractivity contribution in [2.45, 2.75) is 20.8 Å². The minimum Gasteiger partial charge on any atom is -0.256 e. The average molecular weight is 350 g/mol. The molecule has 0 amide bonds. The predicted molar refractivity (Wildman–Crippen MR) is 101 cm³/mol. The highest BCUT2D eigenvalue weighted by Crippen LogP contribution is 2.24. The molecule has 3 aromatic heterocycles. The van der Waals surface area contributed by atoms with Gasteiger partial charge in [-0.25, -0.2) is 14.5 Å². The van der Waals surface area contributed by atoms with Crippen molar-refractivity contribution < 1.29 is 0 Å². The van der Waals surface area contributed by atoms with Crippen LogP contribution in [0.15, 0.2) is 30.5 Å². The van der Waals surface area contributed by atoms with Crippen molar-refractivity contribution in [2.75, 3.05) is 0 Å². The lowest BCUT2D eigenvalue weighted by Crippen LogP contribution is -1.97. The number of rotatable bonds is 2. The molecule has 0 atom stereocenters. The summed E-state index contributed by atoms with van der Waals surface area (Å²) in [6.07, 6.45) is 5.53. The van der Waals surface area contributed by atoms with E-state index in [-0.39, 0.29) is 0 Å². The molecule has 124 valence electrons. The Morgan fingerprint density at radius 1 is 1.04 bits per heavy atom. The normalized spacial score (nSPS) is 11.8. The highest BCUT2D eigenvalue weighted by molar-refractivity contribution is 6.35. The molecule has 25 heavy (non-hydrogen) atoms. The number of pyridine rings is 1. The van der Waals surface area contributed by atoms with Gasteiger partial charge in [0.15, 0.2) is 11.5 Å². The highest BCUT2D eigenvalue weighted by Gasteiger charge is 2.07. The second-order valence-corrected chi connectivity index (χ2v) is 6.49. The van der Waals surface area contributed by atoms with Crippen molar-refractivity contribution in [3.05, 3.63) is 64.0 Å². The maximum absolute atomic E-state index is 6.32. The molecule has 4 aromatic rings. The van der Waals surface area contributed by atoms with E-state index in [9.17, 15) is 0 Å². The summed E-state index contributed by atoms with van der Waals surface area (Å²) in [4.78, 5) is 13.5. The number of hydrogen-bond acceptors (Lipinski definition) is 4. The molecule has 4 rings (SSSR count). The van der Waals surface area contributed by atoms with Crippen LogP contribution in [0.1, 0.15) is 28.5 Å². The molecule has 0 N–H and O–H groups in total. The van der Waals surface area contributed by atoms with Gasteiger partial charge < -0.3 is 0 Å². The van der Waals surface area contributed by atoms with Crippen LogP contribution in [0.3, 0.4) is 0 Å². The van der Waals surface area contributed by atoms with Crippen LogP contribution in [-0.2, 0) is 0 Å². The molecule has 0 fully saturated rings. The molecule has 0 spiro atoms. The molecule has 0 bridgehead atoms. The van der Waals surface area contributed by atoms with E-state index in [0.717, 1.165) is 39.2 Å². The van der Waals surface area contributed by atoms with E-state index in [2.05, 4.69) is 26.1 Å². The van der Waals surface area contributed by atoms with Gasteiger partial charge in [-0.2, -0.15) is 0 Å². The van der Waals surface area contributed by atoms with E-state index in [1.165, 1.54) is 0 Å². The molecule has 0 aliphatic carbocycles. The Hall–Kier alpha value is -2.79. The van der Waals surface area contributed by atoms with Gasteiger partial charge in [0.25, 0.3) is 0 Å². The summed E-state index contributed by atoms with van der Waals surface area (Å²) in [7, 11) is 0. The van der Waals surface area contributed by atoms with E-state index < -0.39 is 0 Å². The fourth-order valence-corrected chi connectivity index (χ4v) is 3.11. The van der Waals surface area contributed by atoms with Crippen molar-refractivity contribution in [1.82, 2.24) is 24.6 Å². The predicted octanol–water partition coefficient (Wildman–Crippen LogP) is 4.42. The minimum atomic E-state index is 0.621. The maximum atomic E-state index is 6.32. The molecule has 5 nitrogen and oxygen atoms in total. The lowest BCUT2D eigenvalue weighted by Gasteiger charge is -2.03. The van der Waals surface area contributed by atoms with Gasteiger partial charge in [-0.05, 0) is 56.7 Å². The summed E-state index contributed by atoms with van der Waals surface area (Å²) in [6, 6.07) is 7.98. The van der Waals surface area contributed by atoms with Crippen molar-refractivity contribution >= 4 is 40.3 Å². The summed E-state index contributed by atoms with van der Waals surface area (Å²) in [6.45, 7) is 5.90. The minimum absolute atomic E-state index is 0.621. The molecule has 3 heterocycles. The zero-order valence-electron chi connectivity index (χ0n) is 14.2. The molecule has 1 aromatic carbocycles. The molecule has 0 aliphatic heterocycles. The third-order valence-electron chi connectivity index (χ3n) is 4.04. The molecule has 0 unspecified atom stereocenters. The van der Waals surface area contributed by atoms with Crippen LogP contribution in [0.4, 0.5) is 0 Å². The molecule has 6 heteroatoms. The average Bonchev–Trinajstić information content (AvgIpc) is 3.02. The van der Waals surface area contributed by atoms with E-state index in [1.54, 1.807) is 10.7 Å². The molecule has 0 radical (unpaired) electrons. The van der Waals surface area contributed by atoms with Gasteiger partial charge in [-0.3, -0.25) is 4.98 Å². The van der Waals surface area contributed by atoms with Gasteiger partial charge in [0, 0.05) is 11.6 Å². The molecular formula is C19H16ClN5. The second kappa shape index (κ2) is 5.93. The summed E-state index contributed by atoms with van der Waals surface area (Å²) < 4.78 is 1.80. The molecule has 0 saturated heterocycles. The number of fused-ring (bicyclic) bond motifs is 2. The second-order valence-electron chi connectivity index (χ2n) is 6.08. The van der Waals surface area contributed by atoms with Crippen LogP contribution in [0.5, 0.6) is 0 Å². The Labute approximate surface area is 150 Å². The van der Waals surface area contributed by atoms with Crippen molar-refractivity contribution in [1.29, 1.82) is 0 Å². The molecule has 0 saturated carbocycles. The van der Waals surface area contributed by atoms with E-state index in [4.69, 9.17) is 11.6 Å². The quantitative estimate of drug-likeness (QED) is 0.537. The van der Waals surface area contributed by atoms with Gasteiger partial charge in [0.1, 0.15) is 0 Å². The highest BCUT2D eigenvalue weighted by atomic mass is 35.5. The first-order chi connectivity index (χ1) is 12.0. The molecular weight excluding hydrogens is 334 g/mol. The third-order valence-corrected chi connectivity index (χ3v) is 4.33. The Morgan fingerprint density at radius 3 is 2.68 bits per heavy atom. The third kappa shape index (κ3) is 2.87. The van der Waals surface area contributed by atoms with Crippen LogP contribution in [0.2, 0.25) is 5.02 Å². The van der Waals surface area contributed by atoms with Crippen LogP contribution < -0.4 is 0 Å². The van der Waals surface area contributed by atoms with Crippen LogP contribution in [-0.4, -0.2) is 24.6 Å². The Balaban J connectivity index is 1.73. The SMILES string of the molecule is Cc1cc(Cl)c2nc(C=Cc3nc4c(C)ncc(C)n4n3)ccc2c1. The van der Waals surface area contributed by atoms with E-state index >= 15 is 0 Å². The number of nitrogens with zero attached hydrogens (tertiary/aromatic N) is 5. The van der Waals surface area contributed by atoms with Crippen LogP contribution >= 0.6 is 11.6 Å². The Morgan fingerprint density at radius 2 is 1.88 bits per heavy atom. The topological polar surface area (TPSA) is 56.0 Å². The summed E-state index contributed by atoms with van der Waals surface area (Å²) in [5.41, 5.74) is 5.29. The van der Waals surface area contributed by atoms with E-state index in [1.807, 2.05) is 51.1 Å². The Kier molecular flexibility index (Phi) is 3.73. The lowest BCUT2D eigenvalue weighted by atomic mass is 10.1. The number of aryl methyl sites for hydroxylation is 3. The number of halogens is 1. The Bertz CT molecular complexity index is 1100. The monoisotopic (exact) mass is 349 g/mol. The zero-order valence-corrected chi connectivity index (χ0v) is 14.9. The first-order valence-electron chi connectivity index (χ1n) is 7.95. The fraction of sp³-hybridized carbons (Fsp3) is 0.158. The van der Waals surface area contributed by atoms with Gasteiger partial charge >= 0.3 is 0 Å². The number of benzene rings is 1. The smallest absolute Gasteiger partial charge is 0.177 e. The summed E-state index contributed by atoms with van der Waals surface area (Å²) >= 11 is 6.32. The number of aromatic nitrogens is 5. The largest absolute Gasteiger partial charge is 0.256 e. The first-order valence-corrected chi connectivity index (χ1v) is 8.33. The fourth-order valence-electron chi connectivity index (χ4n) is 2.78. The summed E-state index contributed by atoms with van der Waals surface area (Å²) in [5.74, 6) is 0.621. The van der Waals surface area contributed by atoms with Gasteiger partial charge in [0.05, 0.1) is 27.6 Å². The maximum Gasteiger partial charge on any atom is 0.177 e. The number of hydrogen-bond donors (Lipinski definition) is 0.